The van der Waals surface area contributed by atoms with E-state index in [4.69, 9.17) is 10.5 Å². The van der Waals surface area contributed by atoms with Crippen molar-refractivity contribution in [2.24, 2.45) is 5.73 Å². The molecule has 3 rings (SSSR count). The van der Waals surface area contributed by atoms with Crippen LogP contribution in [0.2, 0.25) is 0 Å². The highest BCUT2D eigenvalue weighted by molar-refractivity contribution is 5.93. The van der Waals surface area contributed by atoms with Crippen LogP contribution in [0.1, 0.15) is 17.3 Å². The van der Waals surface area contributed by atoms with E-state index in [1.165, 1.54) is 11.8 Å². The van der Waals surface area contributed by atoms with Gasteiger partial charge in [0.25, 0.3) is 5.91 Å². The number of nitrogens with zero attached hydrogens (tertiary/aromatic N) is 2. The van der Waals surface area contributed by atoms with Gasteiger partial charge in [-0.25, -0.2) is 0 Å². The first-order valence-electron chi connectivity index (χ1n) is 9.86. The summed E-state index contributed by atoms with van der Waals surface area (Å²) in [6.45, 7) is 6.45. The van der Waals surface area contributed by atoms with E-state index in [-0.39, 0.29) is 18.6 Å². The lowest BCUT2D eigenvalue weighted by Gasteiger charge is -2.39. The summed E-state index contributed by atoms with van der Waals surface area (Å²) in [5.41, 5.74) is 6.86. The Labute approximate surface area is 171 Å². The Hall–Kier alpha value is -3.06. The summed E-state index contributed by atoms with van der Waals surface area (Å²) in [5, 5.41) is 2.92. The average molecular weight is 396 g/mol. The van der Waals surface area contributed by atoms with Crippen molar-refractivity contribution in [2.75, 3.05) is 44.2 Å². The molecule has 0 bridgehead atoms. The Kier molecular flexibility index (Phi) is 7.08. The number of nitrogens with two attached hydrogens (primary N) is 1. The van der Waals surface area contributed by atoms with Gasteiger partial charge in [-0.2, -0.15) is 0 Å². The predicted molar refractivity (Wildman–Crippen MR) is 113 cm³/mol. The van der Waals surface area contributed by atoms with Crippen molar-refractivity contribution < 1.29 is 14.3 Å². The largest absolute Gasteiger partial charge is 0.484 e. The van der Waals surface area contributed by atoms with E-state index in [0.29, 0.717) is 17.9 Å². The highest BCUT2D eigenvalue weighted by atomic mass is 16.5. The van der Waals surface area contributed by atoms with Gasteiger partial charge < -0.3 is 20.7 Å². The van der Waals surface area contributed by atoms with Gasteiger partial charge >= 0.3 is 0 Å². The van der Waals surface area contributed by atoms with Crippen molar-refractivity contribution in [3.63, 3.8) is 0 Å². The van der Waals surface area contributed by atoms with E-state index in [1.54, 1.807) is 18.2 Å². The number of ether oxygens (including phenoxy) is 1. The highest BCUT2D eigenvalue weighted by Crippen LogP contribution is 2.16. The summed E-state index contributed by atoms with van der Waals surface area (Å²) < 4.78 is 5.46. The number of piperazine rings is 1. The number of nitrogens with one attached hydrogen (secondary N) is 1. The fourth-order valence-electron chi connectivity index (χ4n) is 3.39. The lowest BCUT2D eigenvalue weighted by Crippen LogP contribution is -2.52. The summed E-state index contributed by atoms with van der Waals surface area (Å²) >= 11 is 0. The number of anilines is 1. The van der Waals surface area contributed by atoms with Crippen LogP contribution in [-0.4, -0.2) is 62.1 Å². The van der Waals surface area contributed by atoms with Gasteiger partial charge in [0.05, 0.1) is 0 Å². The minimum atomic E-state index is -0.527. The molecule has 1 atom stereocenters. The lowest BCUT2D eigenvalue weighted by molar-refractivity contribution is -0.123. The van der Waals surface area contributed by atoms with Crippen molar-refractivity contribution in [3.05, 3.63) is 60.2 Å². The van der Waals surface area contributed by atoms with Crippen LogP contribution in [0.15, 0.2) is 54.6 Å². The van der Waals surface area contributed by atoms with E-state index in [0.717, 1.165) is 26.2 Å². The molecule has 29 heavy (non-hydrogen) atoms. The van der Waals surface area contributed by atoms with E-state index in [1.807, 2.05) is 6.07 Å². The predicted octanol–water partition coefficient (Wildman–Crippen LogP) is 1.49. The van der Waals surface area contributed by atoms with Gasteiger partial charge in [-0.05, 0) is 37.3 Å². The van der Waals surface area contributed by atoms with Crippen molar-refractivity contribution in [3.8, 4) is 5.75 Å². The first-order chi connectivity index (χ1) is 14.0. The molecule has 1 aliphatic rings. The summed E-state index contributed by atoms with van der Waals surface area (Å²) in [6.07, 6.45) is 0. The van der Waals surface area contributed by atoms with Gasteiger partial charge in [0, 0.05) is 50.0 Å². The molecule has 3 N–H and O–H groups in total. The molecule has 2 aromatic rings. The van der Waals surface area contributed by atoms with Gasteiger partial charge in [0.15, 0.2) is 6.61 Å². The van der Waals surface area contributed by atoms with Crippen LogP contribution in [-0.2, 0) is 4.79 Å². The molecule has 0 aromatic heterocycles. The van der Waals surface area contributed by atoms with Gasteiger partial charge in [0.1, 0.15) is 5.75 Å². The molecule has 0 radical (unpaired) electrons. The zero-order chi connectivity index (χ0) is 20.6. The van der Waals surface area contributed by atoms with Crippen LogP contribution < -0.4 is 20.7 Å². The van der Waals surface area contributed by atoms with Crippen LogP contribution >= 0.6 is 0 Å². The standard InChI is InChI=1S/C22H28N4O3/c1-17(25-10-12-26(13-11-25)19-7-3-2-4-8-19)15-24-21(27)16-29-20-9-5-6-18(14-20)22(23)28/h2-9,14,17H,10-13,15-16H2,1H3,(H2,23,28)(H,24,27). The number of primary amides is 1. The number of benzene rings is 2. The highest BCUT2D eigenvalue weighted by Gasteiger charge is 2.21. The molecule has 7 heteroatoms. The lowest BCUT2D eigenvalue weighted by atomic mass is 10.2. The van der Waals surface area contributed by atoms with E-state index in [2.05, 4.69) is 46.3 Å². The second-order valence-corrected chi connectivity index (χ2v) is 7.19. The number of hydrogen-bond donors (Lipinski definition) is 2. The van der Waals surface area contributed by atoms with Crippen LogP contribution in [0.4, 0.5) is 5.69 Å². The fraction of sp³-hybridized carbons (Fsp3) is 0.364. The van der Waals surface area contributed by atoms with Gasteiger partial charge in [-0.1, -0.05) is 24.3 Å². The number of amides is 2. The minimum absolute atomic E-state index is 0.100. The summed E-state index contributed by atoms with van der Waals surface area (Å²) in [7, 11) is 0. The Morgan fingerprint density at radius 3 is 2.48 bits per heavy atom. The molecule has 1 saturated heterocycles. The topological polar surface area (TPSA) is 87.9 Å². The molecule has 1 heterocycles. The quantitative estimate of drug-likeness (QED) is 0.706. The second kappa shape index (κ2) is 9.93. The van der Waals surface area contributed by atoms with Gasteiger partial charge in [-0.15, -0.1) is 0 Å². The number of hydrogen-bond acceptors (Lipinski definition) is 5. The zero-order valence-electron chi connectivity index (χ0n) is 16.7. The molecule has 0 spiro atoms. The number of carbonyl (C=O) groups is 2. The SMILES string of the molecule is CC(CNC(=O)COc1cccc(C(N)=O)c1)N1CCN(c2ccccc2)CC1. The Morgan fingerprint density at radius 2 is 1.79 bits per heavy atom. The molecular weight excluding hydrogens is 368 g/mol. The first kappa shape index (κ1) is 20.7. The number of carbonyl (C=O) groups excluding carboxylic acids is 2. The van der Waals surface area contributed by atoms with Crippen LogP contribution in [0.3, 0.4) is 0 Å². The van der Waals surface area contributed by atoms with E-state index < -0.39 is 5.91 Å². The minimum Gasteiger partial charge on any atom is -0.484 e. The van der Waals surface area contributed by atoms with Gasteiger partial charge in [0.2, 0.25) is 5.91 Å². The maximum Gasteiger partial charge on any atom is 0.257 e. The smallest absolute Gasteiger partial charge is 0.257 e. The average Bonchev–Trinajstić information content (AvgIpc) is 2.77. The third-order valence-electron chi connectivity index (χ3n) is 5.14. The van der Waals surface area contributed by atoms with Crippen molar-refractivity contribution in [1.29, 1.82) is 0 Å². The Bertz CT molecular complexity index is 820. The molecule has 0 saturated carbocycles. The van der Waals surface area contributed by atoms with Gasteiger partial charge in [-0.3, -0.25) is 14.5 Å². The normalized spacial score (nSPS) is 15.6. The Morgan fingerprint density at radius 1 is 1.07 bits per heavy atom. The van der Waals surface area contributed by atoms with Crippen LogP contribution in [0, 0.1) is 0 Å². The molecule has 0 aliphatic carbocycles. The van der Waals surface area contributed by atoms with Crippen molar-refractivity contribution in [2.45, 2.75) is 13.0 Å². The Balaban J connectivity index is 1.38. The molecular formula is C22H28N4O3. The second-order valence-electron chi connectivity index (χ2n) is 7.19. The molecule has 1 fully saturated rings. The fourth-order valence-corrected chi connectivity index (χ4v) is 3.39. The molecule has 1 aliphatic heterocycles. The third kappa shape index (κ3) is 5.96. The molecule has 2 amide bonds. The summed E-state index contributed by atoms with van der Waals surface area (Å²) in [4.78, 5) is 28.1. The maximum atomic E-state index is 12.1. The molecule has 1 unspecified atom stereocenters. The number of rotatable bonds is 8. The maximum absolute atomic E-state index is 12.1. The van der Waals surface area contributed by atoms with E-state index >= 15 is 0 Å². The monoisotopic (exact) mass is 396 g/mol. The first-order valence-corrected chi connectivity index (χ1v) is 9.86. The molecule has 7 nitrogen and oxygen atoms in total. The zero-order valence-corrected chi connectivity index (χ0v) is 16.7. The van der Waals surface area contributed by atoms with Crippen molar-refractivity contribution in [1.82, 2.24) is 10.2 Å². The number of para-hydroxylation sites is 1. The summed E-state index contributed by atoms with van der Waals surface area (Å²) in [6, 6.07) is 17.2. The van der Waals surface area contributed by atoms with Crippen molar-refractivity contribution >= 4 is 17.5 Å². The third-order valence-corrected chi connectivity index (χ3v) is 5.14. The molecule has 2 aromatic carbocycles. The van der Waals surface area contributed by atoms with Crippen LogP contribution in [0.5, 0.6) is 5.75 Å². The summed E-state index contributed by atoms with van der Waals surface area (Å²) in [5.74, 6) is -0.271. The van der Waals surface area contributed by atoms with Crippen LogP contribution in [0.25, 0.3) is 0 Å². The van der Waals surface area contributed by atoms with E-state index in [9.17, 15) is 9.59 Å². The molecule has 154 valence electrons.